The second-order valence-corrected chi connectivity index (χ2v) is 3.30. The fourth-order valence-corrected chi connectivity index (χ4v) is 0.394. The summed E-state index contributed by atoms with van der Waals surface area (Å²) in [7, 11) is 0. The van der Waals surface area contributed by atoms with Gasteiger partial charge in [-0.05, 0) is 0 Å². The molecule has 0 aliphatic carbocycles. The average molecular weight is 205 g/mol. The van der Waals surface area contributed by atoms with E-state index in [4.69, 9.17) is 34.8 Å². The van der Waals surface area contributed by atoms with Crippen LogP contribution in [-0.4, -0.2) is 28.6 Å². The van der Waals surface area contributed by atoms with Crippen LogP contribution in [0.25, 0.3) is 0 Å². The zero-order chi connectivity index (χ0) is 6.78. The molecule has 0 aromatic heterocycles. The van der Waals surface area contributed by atoms with Crippen LogP contribution in [0.3, 0.4) is 0 Å². The molecule has 0 aliphatic rings. The first kappa shape index (κ1) is 12.9. The molecule has 0 heterocycles. The van der Waals surface area contributed by atoms with Gasteiger partial charge < -0.3 is 4.29 Å². The summed E-state index contributed by atoms with van der Waals surface area (Å²) in [4.78, 5) is 10.1. The van der Waals surface area contributed by atoms with E-state index in [0.29, 0.717) is 0 Å². The maximum Gasteiger partial charge on any atom is 0.376 e. The van der Waals surface area contributed by atoms with Gasteiger partial charge in [0.15, 0.2) is 0 Å². The molecule has 9 heavy (non-hydrogen) atoms. The first-order valence-corrected chi connectivity index (χ1v) is 2.82. The van der Waals surface area contributed by atoms with Crippen LogP contribution in [0.5, 0.6) is 0 Å². The van der Waals surface area contributed by atoms with Crippen LogP contribution in [0.2, 0.25) is 0 Å². The molecule has 0 aromatic rings. The summed E-state index contributed by atoms with van der Waals surface area (Å²) in [6.07, 6.45) is 0. The molecule has 0 atom stereocenters. The summed E-state index contributed by atoms with van der Waals surface area (Å²) in [6, 6.07) is 0. The molecular weight excluding hydrogens is 205 g/mol. The predicted molar refractivity (Wildman–Crippen MR) is 38.0 cm³/mol. The maximum absolute atomic E-state index is 10.1. The minimum atomic E-state index is -2.07. The molecular formula is C2Cl4LiO2. The van der Waals surface area contributed by atoms with Crippen molar-refractivity contribution in [1.29, 1.82) is 0 Å². The van der Waals surface area contributed by atoms with Gasteiger partial charge in [-0.25, -0.2) is 4.79 Å². The van der Waals surface area contributed by atoms with Crippen LogP contribution < -0.4 is 0 Å². The molecule has 0 saturated heterocycles. The molecule has 2 nitrogen and oxygen atoms in total. The fourth-order valence-electron chi connectivity index (χ4n) is 0.0437. The van der Waals surface area contributed by atoms with Gasteiger partial charge in [0.25, 0.3) is 3.79 Å². The monoisotopic (exact) mass is 203 g/mol. The standard InChI is InChI=1S/C2Cl4O2.Li/c3-2(4,5)1(7)8-6;. The van der Waals surface area contributed by atoms with E-state index in [9.17, 15) is 4.79 Å². The number of alkyl halides is 3. The molecule has 0 amide bonds. The van der Waals surface area contributed by atoms with Crippen molar-refractivity contribution >= 4 is 71.5 Å². The van der Waals surface area contributed by atoms with Crippen molar-refractivity contribution in [3.63, 3.8) is 0 Å². The number of carbonyl (C=O) groups excluding carboxylic acids is 1. The molecule has 7 heteroatoms. The first-order chi connectivity index (χ1) is 3.48. The summed E-state index contributed by atoms with van der Waals surface area (Å²) < 4.78 is 1.48. The van der Waals surface area contributed by atoms with Gasteiger partial charge in [-0.15, -0.1) is 0 Å². The predicted octanol–water partition coefficient (Wildman–Crippen LogP) is 1.67. The Balaban J connectivity index is 0. The van der Waals surface area contributed by atoms with E-state index in [0.717, 1.165) is 0 Å². The van der Waals surface area contributed by atoms with Gasteiger partial charge in [0.2, 0.25) is 0 Å². The van der Waals surface area contributed by atoms with E-state index in [2.05, 4.69) is 16.2 Å². The Morgan fingerprint density at radius 2 is 1.67 bits per heavy atom. The number of halogens is 4. The van der Waals surface area contributed by atoms with Gasteiger partial charge in [-0.2, -0.15) is 0 Å². The van der Waals surface area contributed by atoms with Gasteiger partial charge in [-0.1, -0.05) is 34.8 Å². The van der Waals surface area contributed by atoms with Crippen LogP contribution in [-0.2, 0) is 9.08 Å². The molecule has 0 aromatic carbocycles. The molecule has 0 rings (SSSR count). The normalized spacial score (nSPS) is 9.78. The third-order valence-electron chi connectivity index (χ3n) is 0.302. The topological polar surface area (TPSA) is 26.3 Å². The Labute approximate surface area is 84.1 Å². The Hall–Kier alpha value is 1.23. The SMILES string of the molecule is O=C(OCl)C(Cl)(Cl)Cl.[Li]. The Kier molecular flexibility index (Phi) is 7.08. The Bertz CT molecular complexity index is 99.2. The van der Waals surface area contributed by atoms with Gasteiger partial charge in [-0.3, -0.25) is 0 Å². The smallest absolute Gasteiger partial charge is 0.343 e. The van der Waals surface area contributed by atoms with E-state index >= 15 is 0 Å². The Morgan fingerprint density at radius 1 is 1.33 bits per heavy atom. The van der Waals surface area contributed by atoms with Gasteiger partial charge in [0.05, 0.1) is 0 Å². The summed E-state index contributed by atoms with van der Waals surface area (Å²) >= 11 is 19.4. The summed E-state index contributed by atoms with van der Waals surface area (Å²) in [5.74, 6) is -1.11. The third kappa shape index (κ3) is 5.66. The molecule has 0 bridgehead atoms. The van der Waals surface area contributed by atoms with Crippen molar-refractivity contribution in [2.24, 2.45) is 0 Å². The van der Waals surface area contributed by atoms with Crippen LogP contribution in [0, 0.1) is 0 Å². The van der Waals surface area contributed by atoms with Crippen molar-refractivity contribution in [3.8, 4) is 0 Å². The number of hydrogen-bond acceptors (Lipinski definition) is 2. The summed E-state index contributed by atoms with van der Waals surface area (Å²) in [5, 5.41) is 0. The largest absolute Gasteiger partial charge is 0.376 e. The molecule has 0 spiro atoms. The second kappa shape index (κ2) is 4.96. The van der Waals surface area contributed by atoms with Crippen LogP contribution in [0.1, 0.15) is 0 Å². The van der Waals surface area contributed by atoms with E-state index in [1.807, 2.05) is 0 Å². The molecule has 0 fully saturated rings. The molecule has 0 aliphatic heterocycles. The molecule has 0 saturated carbocycles. The molecule has 0 N–H and O–H groups in total. The Morgan fingerprint density at radius 3 is 1.67 bits per heavy atom. The molecule has 49 valence electrons. The molecule has 0 unspecified atom stereocenters. The summed E-state index contributed by atoms with van der Waals surface area (Å²) in [5.41, 5.74) is 0. The third-order valence-corrected chi connectivity index (χ3v) is 0.905. The average Bonchev–Trinajstić information content (AvgIpc) is 1.62. The van der Waals surface area contributed by atoms with Gasteiger partial charge in [0, 0.05) is 18.9 Å². The van der Waals surface area contributed by atoms with Crippen LogP contribution in [0.15, 0.2) is 0 Å². The van der Waals surface area contributed by atoms with E-state index < -0.39 is 9.76 Å². The first-order valence-electron chi connectivity index (χ1n) is 1.38. The minimum Gasteiger partial charge on any atom is -0.343 e. The maximum atomic E-state index is 10.1. The van der Waals surface area contributed by atoms with Crippen molar-refractivity contribution in [2.45, 2.75) is 3.79 Å². The summed E-state index contributed by atoms with van der Waals surface area (Å²) in [6.45, 7) is 0. The van der Waals surface area contributed by atoms with Crippen LogP contribution >= 0.6 is 46.7 Å². The zero-order valence-electron chi connectivity index (χ0n) is 4.33. The number of hydrogen-bond donors (Lipinski definition) is 0. The molecule has 1 radical (unpaired) electrons. The van der Waals surface area contributed by atoms with E-state index in [-0.39, 0.29) is 18.9 Å². The van der Waals surface area contributed by atoms with Crippen molar-refractivity contribution in [1.82, 2.24) is 0 Å². The zero-order valence-corrected chi connectivity index (χ0v) is 7.35. The second-order valence-electron chi connectivity index (χ2n) is 0.862. The van der Waals surface area contributed by atoms with E-state index in [1.54, 1.807) is 0 Å². The van der Waals surface area contributed by atoms with E-state index in [1.165, 1.54) is 0 Å². The quantitative estimate of drug-likeness (QED) is 0.443. The van der Waals surface area contributed by atoms with Crippen molar-refractivity contribution in [2.75, 3.05) is 0 Å². The number of rotatable bonds is 0. The fraction of sp³-hybridized carbons (Fsp3) is 0.500. The van der Waals surface area contributed by atoms with Crippen LogP contribution in [0.4, 0.5) is 0 Å². The van der Waals surface area contributed by atoms with Gasteiger partial charge in [0.1, 0.15) is 11.9 Å². The van der Waals surface area contributed by atoms with Crippen molar-refractivity contribution in [3.05, 3.63) is 0 Å². The minimum absolute atomic E-state index is 0. The van der Waals surface area contributed by atoms with Crippen molar-refractivity contribution < 1.29 is 9.08 Å². The van der Waals surface area contributed by atoms with Gasteiger partial charge >= 0.3 is 5.97 Å². The number of carbonyl (C=O) groups is 1.